The Morgan fingerprint density at radius 1 is 1.25 bits per heavy atom. The van der Waals surface area contributed by atoms with Gasteiger partial charge in [0.15, 0.2) is 5.13 Å². The molecule has 5 rings (SSSR count). The molecule has 2 aliphatic rings. The summed E-state index contributed by atoms with van der Waals surface area (Å²) in [6, 6.07) is 4.94. The van der Waals surface area contributed by atoms with Crippen LogP contribution in [0.15, 0.2) is 36.2 Å². The lowest BCUT2D eigenvalue weighted by molar-refractivity contribution is 0.260. The Bertz CT molecular complexity index is 1170. The summed E-state index contributed by atoms with van der Waals surface area (Å²) in [5.74, 6) is 0.865. The lowest BCUT2D eigenvalue weighted by Crippen LogP contribution is -2.26. The molecule has 0 bridgehead atoms. The average molecular weight is 447 g/mol. The van der Waals surface area contributed by atoms with Gasteiger partial charge in [-0.25, -0.2) is 9.97 Å². The summed E-state index contributed by atoms with van der Waals surface area (Å²) in [6.07, 6.45) is 12.7. The van der Waals surface area contributed by atoms with Gasteiger partial charge in [-0.3, -0.25) is 10.00 Å². The van der Waals surface area contributed by atoms with Crippen LogP contribution in [0.4, 0.5) is 10.9 Å². The van der Waals surface area contributed by atoms with Crippen molar-refractivity contribution >= 4 is 33.9 Å². The topological polar surface area (TPSA) is 69.7 Å². The highest BCUT2D eigenvalue weighted by atomic mass is 32.1. The number of H-pyrrole nitrogens is 1. The van der Waals surface area contributed by atoms with Crippen molar-refractivity contribution in [3.63, 3.8) is 0 Å². The van der Waals surface area contributed by atoms with E-state index in [1.165, 1.54) is 46.5 Å². The van der Waals surface area contributed by atoms with Crippen LogP contribution < -0.4 is 5.32 Å². The Morgan fingerprint density at radius 2 is 2.16 bits per heavy atom. The van der Waals surface area contributed by atoms with Crippen molar-refractivity contribution in [3.05, 3.63) is 63.6 Å². The first kappa shape index (κ1) is 21.1. The summed E-state index contributed by atoms with van der Waals surface area (Å²) in [4.78, 5) is 13.3. The maximum absolute atomic E-state index is 4.88. The van der Waals surface area contributed by atoms with E-state index in [1.54, 1.807) is 11.3 Å². The van der Waals surface area contributed by atoms with E-state index in [9.17, 15) is 0 Å². The predicted octanol–water partition coefficient (Wildman–Crippen LogP) is 5.73. The molecule has 0 radical (unpaired) electrons. The SMILES string of the molecule is CC1=C(c2cn[nH]c2C)C=Cc2nc(Nc3cc(CN4CCCC4C)ccn3)sc2CC1. The Labute approximate surface area is 193 Å². The van der Waals surface area contributed by atoms with Crippen LogP contribution in [0.1, 0.15) is 60.5 Å². The standard InChI is InChI=1S/C25H30N6S/c1-16-6-9-23-22(8-7-20(16)21-14-27-30-18(21)3)28-25(32-23)29-24-13-19(10-11-26-24)15-31-12-4-5-17(31)2/h7-8,10-11,13-14,17H,4-6,9,12,15H2,1-3H3,(H,27,30)(H,26,28,29). The summed E-state index contributed by atoms with van der Waals surface area (Å²) in [5.41, 5.74) is 7.24. The first-order valence-corrected chi connectivity index (χ1v) is 12.2. The van der Waals surface area contributed by atoms with Gasteiger partial charge in [0.2, 0.25) is 0 Å². The zero-order valence-corrected chi connectivity index (χ0v) is 19.8. The number of fused-ring (bicyclic) bond motifs is 1. The second kappa shape index (κ2) is 9.00. The molecule has 32 heavy (non-hydrogen) atoms. The van der Waals surface area contributed by atoms with Gasteiger partial charge < -0.3 is 5.32 Å². The zero-order valence-electron chi connectivity index (χ0n) is 19.0. The number of nitrogens with zero attached hydrogens (tertiary/aromatic N) is 4. The molecule has 0 spiro atoms. The first-order valence-electron chi connectivity index (χ1n) is 11.4. The molecule has 3 aromatic rings. The maximum atomic E-state index is 4.88. The van der Waals surface area contributed by atoms with E-state index in [0.29, 0.717) is 6.04 Å². The van der Waals surface area contributed by atoms with Gasteiger partial charge in [0, 0.05) is 34.9 Å². The van der Waals surface area contributed by atoms with E-state index >= 15 is 0 Å². The van der Waals surface area contributed by atoms with Gasteiger partial charge in [-0.1, -0.05) is 11.6 Å². The van der Waals surface area contributed by atoms with E-state index in [-0.39, 0.29) is 0 Å². The zero-order chi connectivity index (χ0) is 22.1. The summed E-state index contributed by atoms with van der Waals surface area (Å²) >= 11 is 1.73. The van der Waals surface area contributed by atoms with Gasteiger partial charge in [0.1, 0.15) is 5.82 Å². The quantitative estimate of drug-likeness (QED) is 0.524. The van der Waals surface area contributed by atoms with Crippen LogP contribution in [-0.2, 0) is 13.0 Å². The molecule has 166 valence electrons. The number of hydrogen-bond donors (Lipinski definition) is 2. The fourth-order valence-corrected chi connectivity index (χ4v) is 5.58. The number of rotatable bonds is 5. The molecule has 2 N–H and O–H groups in total. The molecule has 0 amide bonds. The van der Waals surface area contributed by atoms with E-state index in [4.69, 9.17) is 4.98 Å². The van der Waals surface area contributed by atoms with Crippen LogP contribution in [0.2, 0.25) is 0 Å². The van der Waals surface area contributed by atoms with Crippen LogP contribution in [-0.4, -0.2) is 37.7 Å². The number of allylic oxidation sites excluding steroid dienone is 3. The van der Waals surface area contributed by atoms with Gasteiger partial charge in [0.05, 0.1) is 11.9 Å². The van der Waals surface area contributed by atoms with Crippen molar-refractivity contribution in [2.45, 2.75) is 59.0 Å². The third-order valence-corrected chi connectivity index (χ3v) is 7.62. The number of pyridine rings is 1. The van der Waals surface area contributed by atoms with Crippen LogP contribution >= 0.6 is 11.3 Å². The van der Waals surface area contributed by atoms with Crippen molar-refractivity contribution in [1.82, 2.24) is 25.1 Å². The number of thiazole rings is 1. The van der Waals surface area contributed by atoms with Gasteiger partial charge >= 0.3 is 0 Å². The molecule has 4 heterocycles. The van der Waals surface area contributed by atoms with Crippen LogP contribution in [0.3, 0.4) is 0 Å². The molecule has 0 saturated carbocycles. The number of aromatic amines is 1. The summed E-state index contributed by atoms with van der Waals surface area (Å²) < 4.78 is 0. The van der Waals surface area contributed by atoms with E-state index in [2.05, 4.69) is 70.5 Å². The van der Waals surface area contributed by atoms with Crippen molar-refractivity contribution < 1.29 is 0 Å². The fourth-order valence-electron chi connectivity index (χ4n) is 4.62. The maximum Gasteiger partial charge on any atom is 0.189 e. The van der Waals surface area contributed by atoms with Gasteiger partial charge in [-0.15, -0.1) is 11.3 Å². The van der Waals surface area contributed by atoms with Crippen molar-refractivity contribution in [1.29, 1.82) is 0 Å². The number of aromatic nitrogens is 4. The minimum absolute atomic E-state index is 0.665. The minimum Gasteiger partial charge on any atom is -0.316 e. The number of nitrogens with one attached hydrogen (secondary N) is 2. The Hall–Kier alpha value is -2.77. The molecular formula is C25H30N6S. The normalized spacial score (nSPS) is 19.2. The average Bonchev–Trinajstić information content (AvgIpc) is 3.47. The molecule has 1 unspecified atom stereocenters. The lowest BCUT2D eigenvalue weighted by Gasteiger charge is -2.21. The van der Waals surface area contributed by atoms with Crippen molar-refractivity contribution in [2.75, 3.05) is 11.9 Å². The first-order chi connectivity index (χ1) is 15.6. The largest absolute Gasteiger partial charge is 0.316 e. The summed E-state index contributed by atoms with van der Waals surface area (Å²) in [5, 5.41) is 11.6. The van der Waals surface area contributed by atoms with Crippen molar-refractivity contribution in [2.24, 2.45) is 0 Å². The Balaban J connectivity index is 1.33. The van der Waals surface area contributed by atoms with E-state index in [0.717, 1.165) is 41.7 Å². The third-order valence-electron chi connectivity index (χ3n) is 6.58. The highest BCUT2D eigenvalue weighted by Crippen LogP contribution is 2.33. The number of aryl methyl sites for hydroxylation is 2. The van der Waals surface area contributed by atoms with Gasteiger partial charge in [0.25, 0.3) is 0 Å². The highest BCUT2D eigenvalue weighted by Gasteiger charge is 2.20. The summed E-state index contributed by atoms with van der Waals surface area (Å²) in [7, 11) is 0. The molecule has 7 heteroatoms. The smallest absolute Gasteiger partial charge is 0.189 e. The lowest BCUT2D eigenvalue weighted by atomic mass is 9.95. The van der Waals surface area contributed by atoms with Crippen LogP contribution in [0.25, 0.3) is 11.6 Å². The molecule has 1 saturated heterocycles. The molecule has 3 aromatic heterocycles. The third kappa shape index (κ3) is 4.40. The van der Waals surface area contributed by atoms with E-state index in [1.807, 2.05) is 12.4 Å². The molecule has 1 fully saturated rings. The fraction of sp³-hybridized carbons (Fsp3) is 0.400. The van der Waals surface area contributed by atoms with Gasteiger partial charge in [-0.2, -0.15) is 5.10 Å². The number of likely N-dealkylation sites (tertiary alicyclic amines) is 1. The summed E-state index contributed by atoms with van der Waals surface area (Å²) in [6.45, 7) is 8.77. The molecule has 0 aromatic carbocycles. The second-order valence-corrected chi connectivity index (χ2v) is 9.98. The highest BCUT2D eigenvalue weighted by molar-refractivity contribution is 7.15. The minimum atomic E-state index is 0.665. The van der Waals surface area contributed by atoms with Crippen molar-refractivity contribution in [3.8, 4) is 0 Å². The van der Waals surface area contributed by atoms with Crippen LogP contribution in [0, 0.1) is 6.92 Å². The Morgan fingerprint density at radius 3 is 2.94 bits per heavy atom. The Kier molecular flexibility index (Phi) is 5.93. The molecule has 1 aliphatic heterocycles. The van der Waals surface area contributed by atoms with Gasteiger partial charge in [-0.05, 0) is 82.3 Å². The molecule has 1 aliphatic carbocycles. The van der Waals surface area contributed by atoms with Crippen LogP contribution in [0.5, 0.6) is 0 Å². The molecule has 1 atom stereocenters. The monoisotopic (exact) mass is 446 g/mol. The predicted molar refractivity (Wildman–Crippen MR) is 132 cm³/mol. The molecular weight excluding hydrogens is 416 g/mol. The number of hydrogen-bond acceptors (Lipinski definition) is 6. The number of anilines is 2. The second-order valence-electron chi connectivity index (χ2n) is 8.90. The van der Waals surface area contributed by atoms with E-state index < -0.39 is 0 Å². The molecule has 6 nitrogen and oxygen atoms in total.